The first kappa shape index (κ1) is 13.0. The number of nitrogens with zero attached hydrogens (tertiary/aromatic N) is 2. The number of carbonyl (C=O) groups excluding carboxylic acids is 1. The summed E-state index contributed by atoms with van der Waals surface area (Å²) in [7, 11) is 1.62. The van der Waals surface area contributed by atoms with Gasteiger partial charge in [0.25, 0.3) is 5.91 Å². The van der Waals surface area contributed by atoms with Gasteiger partial charge < -0.3 is 10.0 Å². The van der Waals surface area contributed by atoms with Gasteiger partial charge in [-0.2, -0.15) is 5.26 Å². The topological polar surface area (TPSA) is 64.3 Å². The highest BCUT2D eigenvalue weighted by molar-refractivity contribution is 5.96. The normalized spacial score (nSPS) is 11.6. The molecular formula is C13H16N2O2. The van der Waals surface area contributed by atoms with Crippen molar-refractivity contribution in [3.63, 3.8) is 0 Å². The van der Waals surface area contributed by atoms with Crippen LogP contribution in [0.15, 0.2) is 18.2 Å². The van der Waals surface area contributed by atoms with Crippen LogP contribution in [0.2, 0.25) is 0 Å². The van der Waals surface area contributed by atoms with Gasteiger partial charge in [-0.05, 0) is 31.5 Å². The lowest BCUT2D eigenvalue weighted by atomic mass is 10.1. The highest BCUT2D eigenvalue weighted by atomic mass is 16.3. The Hall–Kier alpha value is -2.02. The Morgan fingerprint density at radius 2 is 2.24 bits per heavy atom. The van der Waals surface area contributed by atoms with Crippen molar-refractivity contribution in [2.75, 3.05) is 13.6 Å². The van der Waals surface area contributed by atoms with Gasteiger partial charge in [-0.25, -0.2) is 0 Å². The number of amides is 1. The summed E-state index contributed by atoms with van der Waals surface area (Å²) in [5.74, 6) is -0.521. The average Bonchev–Trinajstić information content (AvgIpc) is 2.28. The summed E-state index contributed by atoms with van der Waals surface area (Å²) < 4.78 is 0. The Morgan fingerprint density at radius 1 is 1.59 bits per heavy atom. The van der Waals surface area contributed by atoms with E-state index >= 15 is 0 Å². The second kappa shape index (κ2) is 5.35. The van der Waals surface area contributed by atoms with Crippen molar-refractivity contribution in [1.82, 2.24) is 4.90 Å². The van der Waals surface area contributed by atoms with Gasteiger partial charge in [0.05, 0.1) is 17.6 Å². The predicted molar refractivity (Wildman–Crippen MR) is 64.6 cm³/mol. The molecule has 0 aliphatic carbocycles. The smallest absolute Gasteiger partial charge is 0.257 e. The first-order valence-electron chi connectivity index (χ1n) is 5.40. The van der Waals surface area contributed by atoms with Gasteiger partial charge >= 0.3 is 0 Å². The Bertz CT molecular complexity index is 463. The molecule has 0 saturated heterocycles. The summed E-state index contributed by atoms with van der Waals surface area (Å²) in [4.78, 5) is 13.4. The predicted octanol–water partition coefficient (Wildman–Crippen LogP) is 1.93. The molecule has 17 heavy (non-hydrogen) atoms. The molecule has 0 aliphatic heterocycles. The second-order valence-corrected chi connectivity index (χ2v) is 4.24. The Balaban J connectivity index is 2.86. The van der Waals surface area contributed by atoms with Crippen LogP contribution in [0.25, 0.3) is 0 Å². The molecule has 4 heteroatoms. The van der Waals surface area contributed by atoms with Crippen molar-refractivity contribution >= 4 is 5.91 Å². The van der Waals surface area contributed by atoms with E-state index < -0.39 is 0 Å². The van der Waals surface area contributed by atoms with Crippen LogP contribution in [0.1, 0.15) is 22.8 Å². The monoisotopic (exact) mass is 232 g/mol. The fraction of sp³-hybridized carbons (Fsp3) is 0.385. The summed E-state index contributed by atoms with van der Waals surface area (Å²) in [5, 5.41) is 18.4. The Labute approximate surface area is 101 Å². The maximum Gasteiger partial charge on any atom is 0.257 e. The summed E-state index contributed by atoms with van der Waals surface area (Å²) in [6, 6.07) is 6.99. The highest BCUT2D eigenvalue weighted by Gasteiger charge is 2.17. The molecule has 0 aromatic heterocycles. The minimum Gasteiger partial charge on any atom is -0.507 e. The lowest BCUT2D eigenvalue weighted by Crippen LogP contribution is -2.30. The van der Waals surface area contributed by atoms with Crippen molar-refractivity contribution in [2.45, 2.75) is 13.8 Å². The molecule has 0 fully saturated rings. The average molecular weight is 232 g/mol. The standard InChI is InChI=1S/C13H16N2O2/c1-9-4-5-11(12(16)6-9)13(17)15(3)8-10(2)7-14/h4-6,10,16H,8H2,1-3H3. The van der Waals surface area contributed by atoms with E-state index in [-0.39, 0.29) is 23.1 Å². The van der Waals surface area contributed by atoms with Crippen LogP contribution in [-0.4, -0.2) is 29.5 Å². The number of benzene rings is 1. The zero-order valence-corrected chi connectivity index (χ0v) is 10.3. The fourth-order valence-corrected chi connectivity index (χ4v) is 1.56. The minimum absolute atomic E-state index is 0.0218. The third-order valence-corrected chi connectivity index (χ3v) is 2.50. The molecule has 0 bridgehead atoms. The van der Waals surface area contributed by atoms with Crippen LogP contribution < -0.4 is 0 Å². The first-order chi connectivity index (χ1) is 7.95. The van der Waals surface area contributed by atoms with E-state index in [1.54, 1.807) is 32.2 Å². The van der Waals surface area contributed by atoms with Crippen molar-refractivity contribution < 1.29 is 9.90 Å². The van der Waals surface area contributed by atoms with Gasteiger partial charge in [-0.1, -0.05) is 6.07 Å². The summed E-state index contributed by atoms with van der Waals surface area (Å²) in [6.07, 6.45) is 0. The van der Waals surface area contributed by atoms with Crippen LogP contribution >= 0.6 is 0 Å². The molecule has 1 aromatic rings. The van der Waals surface area contributed by atoms with Crippen LogP contribution in [0.3, 0.4) is 0 Å². The molecule has 1 atom stereocenters. The maximum atomic E-state index is 12.0. The molecule has 0 radical (unpaired) electrons. The zero-order valence-electron chi connectivity index (χ0n) is 10.3. The lowest BCUT2D eigenvalue weighted by Gasteiger charge is -2.18. The Morgan fingerprint density at radius 3 is 2.76 bits per heavy atom. The largest absolute Gasteiger partial charge is 0.507 e. The van der Waals surface area contributed by atoms with E-state index in [0.29, 0.717) is 6.54 Å². The molecule has 0 heterocycles. The van der Waals surface area contributed by atoms with Gasteiger partial charge in [0.2, 0.25) is 0 Å². The molecule has 4 nitrogen and oxygen atoms in total. The third-order valence-electron chi connectivity index (χ3n) is 2.50. The first-order valence-corrected chi connectivity index (χ1v) is 5.40. The molecule has 1 unspecified atom stereocenters. The number of hydrogen-bond acceptors (Lipinski definition) is 3. The minimum atomic E-state index is -0.274. The number of aromatic hydroxyl groups is 1. The molecule has 1 aromatic carbocycles. The number of carbonyl (C=O) groups is 1. The highest BCUT2D eigenvalue weighted by Crippen LogP contribution is 2.20. The maximum absolute atomic E-state index is 12.0. The van der Waals surface area contributed by atoms with E-state index in [0.717, 1.165) is 5.56 Å². The van der Waals surface area contributed by atoms with Crippen molar-refractivity contribution in [2.24, 2.45) is 5.92 Å². The molecule has 1 amide bonds. The van der Waals surface area contributed by atoms with Gasteiger partial charge in [0.1, 0.15) is 5.75 Å². The molecule has 0 saturated carbocycles. The SMILES string of the molecule is Cc1ccc(C(=O)N(C)CC(C)C#N)c(O)c1. The van der Waals surface area contributed by atoms with Crippen LogP contribution in [0, 0.1) is 24.2 Å². The number of rotatable bonds is 3. The van der Waals surface area contributed by atoms with Crippen molar-refractivity contribution in [1.29, 1.82) is 5.26 Å². The van der Waals surface area contributed by atoms with E-state index in [1.807, 2.05) is 6.92 Å². The summed E-state index contributed by atoms with van der Waals surface area (Å²) in [6.45, 7) is 3.94. The number of phenols is 1. The van der Waals surface area contributed by atoms with Crippen LogP contribution in [0.5, 0.6) is 5.75 Å². The van der Waals surface area contributed by atoms with E-state index in [1.165, 1.54) is 4.90 Å². The van der Waals surface area contributed by atoms with E-state index in [4.69, 9.17) is 5.26 Å². The van der Waals surface area contributed by atoms with E-state index in [2.05, 4.69) is 6.07 Å². The zero-order chi connectivity index (χ0) is 13.0. The van der Waals surface area contributed by atoms with E-state index in [9.17, 15) is 9.90 Å². The van der Waals surface area contributed by atoms with Crippen LogP contribution in [-0.2, 0) is 0 Å². The number of aryl methyl sites for hydroxylation is 1. The summed E-state index contributed by atoms with van der Waals surface area (Å²) >= 11 is 0. The molecule has 0 spiro atoms. The van der Waals surface area contributed by atoms with Gasteiger partial charge in [-0.15, -0.1) is 0 Å². The lowest BCUT2D eigenvalue weighted by molar-refractivity contribution is 0.0782. The number of nitriles is 1. The number of hydrogen-bond donors (Lipinski definition) is 1. The molecular weight excluding hydrogens is 216 g/mol. The van der Waals surface area contributed by atoms with Crippen LogP contribution in [0.4, 0.5) is 0 Å². The number of phenolic OH excluding ortho intramolecular Hbond substituents is 1. The van der Waals surface area contributed by atoms with Crippen molar-refractivity contribution in [3.8, 4) is 11.8 Å². The van der Waals surface area contributed by atoms with Gasteiger partial charge in [0.15, 0.2) is 0 Å². The molecule has 1 N–H and O–H groups in total. The molecule has 1 rings (SSSR count). The molecule has 90 valence electrons. The van der Waals surface area contributed by atoms with Gasteiger partial charge in [0, 0.05) is 13.6 Å². The Kier molecular flexibility index (Phi) is 4.11. The van der Waals surface area contributed by atoms with Crippen molar-refractivity contribution in [3.05, 3.63) is 29.3 Å². The fourth-order valence-electron chi connectivity index (χ4n) is 1.56. The quantitative estimate of drug-likeness (QED) is 0.866. The summed E-state index contributed by atoms with van der Waals surface area (Å²) in [5.41, 5.74) is 1.16. The second-order valence-electron chi connectivity index (χ2n) is 4.24. The molecule has 0 aliphatic rings. The van der Waals surface area contributed by atoms with Gasteiger partial charge in [-0.3, -0.25) is 4.79 Å². The third kappa shape index (κ3) is 3.22.